The number of aromatic nitrogens is 4. The SMILES string of the molecule is c1ccc(-c2cc(-c3ccccc3)nc(-n3c4ccccc4c4cc(-c5cccc(-c6ccc7c8ccccc8n(-c8ccc9oc%10cccnc%10c9c8)c7c6)c5)ccc43)c2)cc1. The molecule has 294 valence electrons. The normalized spacial score (nSPS) is 11.8. The third-order valence-electron chi connectivity index (χ3n) is 12.6. The molecule has 0 aliphatic rings. The lowest BCUT2D eigenvalue weighted by atomic mass is 9.97. The van der Waals surface area contributed by atoms with E-state index >= 15 is 0 Å². The van der Waals surface area contributed by atoms with Crippen molar-refractivity contribution in [1.29, 1.82) is 0 Å². The van der Waals surface area contributed by atoms with Gasteiger partial charge in [0.15, 0.2) is 5.58 Å². The van der Waals surface area contributed by atoms with Crippen LogP contribution in [0.5, 0.6) is 0 Å². The molecule has 0 radical (unpaired) electrons. The second-order valence-electron chi connectivity index (χ2n) is 16.2. The molecule has 5 heteroatoms. The number of furan rings is 1. The van der Waals surface area contributed by atoms with Crippen molar-refractivity contribution in [3.05, 3.63) is 219 Å². The largest absolute Gasteiger partial charge is 0.454 e. The van der Waals surface area contributed by atoms with E-state index in [-0.39, 0.29) is 0 Å². The van der Waals surface area contributed by atoms with Crippen molar-refractivity contribution in [2.45, 2.75) is 0 Å². The Hall–Kier alpha value is -8.54. The first-order valence-corrected chi connectivity index (χ1v) is 21.3. The maximum atomic E-state index is 6.15. The summed E-state index contributed by atoms with van der Waals surface area (Å²) in [5, 5.41) is 5.81. The van der Waals surface area contributed by atoms with Crippen molar-refractivity contribution in [2.24, 2.45) is 0 Å². The monoisotopic (exact) mass is 804 g/mol. The van der Waals surface area contributed by atoms with Crippen LogP contribution in [-0.2, 0) is 0 Å². The Balaban J connectivity index is 0.937. The molecule has 0 saturated carbocycles. The summed E-state index contributed by atoms with van der Waals surface area (Å²) in [7, 11) is 0. The fraction of sp³-hybridized carbons (Fsp3) is 0. The average molecular weight is 805 g/mol. The molecule has 0 aliphatic heterocycles. The molecule has 0 fully saturated rings. The molecule has 5 nitrogen and oxygen atoms in total. The minimum Gasteiger partial charge on any atom is -0.454 e. The van der Waals surface area contributed by atoms with Gasteiger partial charge in [-0.15, -0.1) is 0 Å². The molecule has 0 bridgehead atoms. The smallest absolute Gasteiger partial charge is 0.153 e. The van der Waals surface area contributed by atoms with Crippen LogP contribution in [0.3, 0.4) is 0 Å². The van der Waals surface area contributed by atoms with E-state index in [0.717, 1.165) is 100 Å². The number of hydrogen-bond donors (Lipinski definition) is 0. The van der Waals surface area contributed by atoms with Crippen LogP contribution in [0.4, 0.5) is 0 Å². The van der Waals surface area contributed by atoms with Crippen LogP contribution in [0, 0.1) is 0 Å². The molecule has 5 heterocycles. The zero-order valence-corrected chi connectivity index (χ0v) is 34.0. The quantitative estimate of drug-likeness (QED) is 0.168. The predicted octanol–water partition coefficient (Wildman–Crippen LogP) is 15.2. The Morgan fingerprint density at radius 3 is 1.78 bits per heavy atom. The van der Waals surface area contributed by atoms with Crippen molar-refractivity contribution in [3.8, 4) is 56.1 Å². The van der Waals surface area contributed by atoms with E-state index in [1.165, 1.54) is 21.5 Å². The fourth-order valence-electron chi connectivity index (χ4n) is 9.62. The van der Waals surface area contributed by atoms with Crippen molar-refractivity contribution in [3.63, 3.8) is 0 Å². The number of benzene rings is 8. The second kappa shape index (κ2) is 14.0. The van der Waals surface area contributed by atoms with Crippen molar-refractivity contribution < 1.29 is 4.42 Å². The summed E-state index contributed by atoms with van der Waals surface area (Å²) in [6.45, 7) is 0. The van der Waals surface area contributed by atoms with Gasteiger partial charge in [0.2, 0.25) is 0 Å². The average Bonchev–Trinajstić information content (AvgIpc) is 4.01. The molecule has 63 heavy (non-hydrogen) atoms. The summed E-state index contributed by atoms with van der Waals surface area (Å²) in [5.74, 6) is 0.888. The van der Waals surface area contributed by atoms with Crippen LogP contribution in [-0.4, -0.2) is 19.1 Å². The number of nitrogens with zero attached hydrogens (tertiary/aromatic N) is 4. The Bertz CT molecular complexity index is 3860. The zero-order valence-electron chi connectivity index (χ0n) is 34.0. The third kappa shape index (κ3) is 5.71. The lowest BCUT2D eigenvalue weighted by molar-refractivity contribution is 0.668. The first-order valence-electron chi connectivity index (χ1n) is 21.3. The number of pyridine rings is 2. The van der Waals surface area contributed by atoms with Gasteiger partial charge in [-0.25, -0.2) is 4.98 Å². The Kier molecular flexibility index (Phi) is 7.84. The minimum atomic E-state index is 0.794. The maximum absolute atomic E-state index is 6.15. The van der Waals surface area contributed by atoms with Crippen LogP contribution in [0.15, 0.2) is 223 Å². The summed E-state index contributed by atoms with van der Waals surface area (Å²) in [5.41, 5.74) is 17.0. The minimum absolute atomic E-state index is 0.794. The molecular weight excluding hydrogens is 769 g/mol. The summed E-state index contributed by atoms with van der Waals surface area (Å²) in [6.07, 6.45) is 1.83. The molecular formula is C58H36N4O. The van der Waals surface area contributed by atoms with Gasteiger partial charge in [0.05, 0.1) is 27.8 Å². The van der Waals surface area contributed by atoms with Crippen molar-refractivity contribution >= 4 is 65.7 Å². The number of hydrogen-bond acceptors (Lipinski definition) is 3. The van der Waals surface area contributed by atoms with Crippen LogP contribution < -0.4 is 0 Å². The second-order valence-corrected chi connectivity index (χ2v) is 16.2. The van der Waals surface area contributed by atoms with Gasteiger partial charge in [-0.3, -0.25) is 9.55 Å². The van der Waals surface area contributed by atoms with E-state index < -0.39 is 0 Å². The lowest BCUT2D eigenvalue weighted by Crippen LogP contribution is -2.00. The molecule has 0 atom stereocenters. The van der Waals surface area contributed by atoms with Gasteiger partial charge in [-0.1, -0.05) is 133 Å². The number of rotatable bonds is 6. The molecule has 13 rings (SSSR count). The van der Waals surface area contributed by atoms with E-state index in [1.807, 2.05) is 24.4 Å². The summed E-state index contributed by atoms with van der Waals surface area (Å²) >= 11 is 0. The van der Waals surface area contributed by atoms with E-state index in [0.29, 0.717) is 0 Å². The topological polar surface area (TPSA) is 48.8 Å². The molecule has 0 unspecified atom stereocenters. The first-order chi connectivity index (χ1) is 31.2. The predicted molar refractivity (Wildman–Crippen MR) is 260 cm³/mol. The Morgan fingerprint density at radius 2 is 0.968 bits per heavy atom. The molecule has 0 N–H and O–H groups in total. The van der Waals surface area contributed by atoms with Gasteiger partial charge in [0.1, 0.15) is 16.9 Å². The summed E-state index contributed by atoms with van der Waals surface area (Å²) in [6, 6.07) is 75.7. The van der Waals surface area contributed by atoms with Gasteiger partial charge in [-0.05, 0) is 112 Å². The standard InChI is InChI=1S/C58H36N4O/c1-3-13-37(14-4-1)43-33-50(38-15-5-2-6-16-38)60-57(35-43)62-52-22-10-8-20-46(52)48-32-41(25-28-53(48)62)39-17-11-18-40(31-39)42-24-27-47-45-19-7-9-21-51(45)61(54(47)34-42)44-26-29-55-49(36-44)58-56(63-55)23-12-30-59-58/h1-36H. The van der Waals surface area contributed by atoms with E-state index in [4.69, 9.17) is 9.40 Å². The molecule has 0 aliphatic carbocycles. The highest BCUT2D eigenvalue weighted by Crippen LogP contribution is 2.40. The van der Waals surface area contributed by atoms with Crippen LogP contribution >= 0.6 is 0 Å². The molecule has 13 aromatic rings. The van der Waals surface area contributed by atoms with Crippen LogP contribution in [0.1, 0.15) is 0 Å². The highest BCUT2D eigenvalue weighted by atomic mass is 16.3. The molecule has 0 spiro atoms. The maximum Gasteiger partial charge on any atom is 0.153 e. The molecule has 0 saturated heterocycles. The number of para-hydroxylation sites is 2. The highest BCUT2D eigenvalue weighted by Gasteiger charge is 2.19. The van der Waals surface area contributed by atoms with Gasteiger partial charge in [0, 0.05) is 44.4 Å². The summed E-state index contributed by atoms with van der Waals surface area (Å²) in [4.78, 5) is 10.0. The molecule has 8 aromatic carbocycles. The number of fused-ring (bicyclic) bond motifs is 9. The zero-order chi connectivity index (χ0) is 41.4. The third-order valence-corrected chi connectivity index (χ3v) is 12.6. The summed E-state index contributed by atoms with van der Waals surface area (Å²) < 4.78 is 10.8. The Morgan fingerprint density at radius 1 is 0.333 bits per heavy atom. The molecule has 5 aromatic heterocycles. The molecule has 0 amide bonds. The van der Waals surface area contributed by atoms with Crippen LogP contribution in [0.25, 0.3) is 122 Å². The lowest BCUT2D eigenvalue weighted by Gasteiger charge is -2.13. The van der Waals surface area contributed by atoms with Gasteiger partial charge in [-0.2, -0.15) is 0 Å². The van der Waals surface area contributed by atoms with E-state index in [9.17, 15) is 0 Å². The van der Waals surface area contributed by atoms with Gasteiger partial charge in [0.25, 0.3) is 0 Å². The van der Waals surface area contributed by atoms with Gasteiger partial charge >= 0.3 is 0 Å². The van der Waals surface area contributed by atoms with Crippen molar-refractivity contribution in [1.82, 2.24) is 19.1 Å². The van der Waals surface area contributed by atoms with Crippen molar-refractivity contribution in [2.75, 3.05) is 0 Å². The van der Waals surface area contributed by atoms with E-state index in [1.54, 1.807) is 0 Å². The van der Waals surface area contributed by atoms with Crippen LogP contribution in [0.2, 0.25) is 0 Å². The highest BCUT2D eigenvalue weighted by molar-refractivity contribution is 6.12. The first kappa shape index (κ1) is 35.2. The Labute approximate surface area is 362 Å². The van der Waals surface area contributed by atoms with Gasteiger partial charge < -0.3 is 8.98 Å². The fourth-order valence-corrected chi connectivity index (χ4v) is 9.62. The van der Waals surface area contributed by atoms with E-state index in [2.05, 4.69) is 208 Å².